The lowest BCUT2D eigenvalue weighted by Crippen LogP contribution is -2.61. The van der Waals surface area contributed by atoms with Gasteiger partial charge in [0.15, 0.2) is 11.5 Å². The summed E-state index contributed by atoms with van der Waals surface area (Å²) in [6.07, 6.45) is 13.5. The van der Waals surface area contributed by atoms with Crippen LogP contribution in [0.3, 0.4) is 0 Å². The quantitative estimate of drug-likeness (QED) is 0.0572. The predicted molar refractivity (Wildman–Crippen MR) is 322 cm³/mol. The molecule has 3 aromatic carbocycles. The number of benzene rings is 3. The van der Waals surface area contributed by atoms with Crippen LogP contribution in [0.2, 0.25) is 10.0 Å². The van der Waals surface area contributed by atoms with Gasteiger partial charge < -0.3 is 30.0 Å². The number of hydrogen-bond acceptors (Lipinski definition) is 11. The molecule has 4 atom stereocenters. The zero-order chi connectivity index (χ0) is 60.4. The zero-order valence-corrected chi connectivity index (χ0v) is 50.8. The molecule has 4 amide bonds. The third kappa shape index (κ3) is 14.0. The molecule has 1 saturated carbocycles. The smallest absolute Gasteiger partial charge is 0.304 e. The number of carboxylic acid groups (broad SMARTS) is 1. The van der Waals surface area contributed by atoms with E-state index in [0.29, 0.717) is 79.3 Å². The number of anilines is 2. The number of imidazole rings is 1. The Labute approximate surface area is 505 Å². The van der Waals surface area contributed by atoms with E-state index in [-0.39, 0.29) is 61.6 Å². The van der Waals surface area contributed by atoms with Crippen molar-refractivity contribution in [2.24, 2.45) is 10.8 Å². The Morgan fingerprint density at radius 1 is 0.824 bits per heavy atom. The predicted octanol–water partition coefficient (Wildman–Crippen LogP) is 10.3. The van der Waals surface area contributed by atoms with Crippen molar-refractivity contribution in [3.05, 3.63) is 130 Å². The van der Waals surface area contributed by atoms with Crippen LogP contribution in [-0.4, -0.2) is 156 Å². The number of aromatic amines is 1. The Bertz CT molecular complexity index is 3540. The van der Waals surface area contributed by atoms with Crippen molar-refractivity contribution < 1.29 is 41.9 Å². The van der Waals surface area contributed by atoms with Gasteiger partial charge in [-0.2, -0.15) is 9.40 Å². The first-order chi connectivity index (χ1) is 40.6. The number of carbonyl (C=O) groups is 5. The molecule has 0 radical (unpaired) electrons. The first-order valence-corrected chi connectivity index (χ1v) is 31.8. The fourth-order valence-electron chi connectivity index (χ4n) is 12.4. The summed E-state index contributed by atoms with van der Waals surface area (Å²) in [5, 5.41) is 21.1. The van der Waals surface area contributed by atoms with Gasteiger partial charge in [0.2, 0.25) is 27.7 Å². The number of sulfonamides is 1. The lowest BCUT2D eigenvalue weighted by Gasteiger charge is -2.54. The third-order valence-corrected chi connectivity index (χ3v) is 19.7. The van der Waals surface area contributed by atoms with Crippen LogP contribution in [-0.2, 0) is 29.2 Å². The van der Waals surface area contributed by atoms with E-state index in [0.717, 1.165) is 60.2 Å². The number of nitrogens with one attached hydrogen (secondary N) is 2. The van der Waals surface area contributed by atoms with Gasteiger partial charge in [-0.15, -0.1) is 0 Å². The van der Waals surface area contributed by atoms with Gasteiger partial charge in [-0.3, -0.25) is 33.5 Å². The van der Waals surface area contributed by atoms with Crippen LogP contribution in [0.4, 0.5) is 15.9 Å². The molecule has 3 aliphatic heterocycles. The molecule has 6 aromatic rings. The summed E-state index contributed by atoms with van der Waals surface area (Å²) in [7, 11) is -4.05. The highest BCUT2D eigenvalue weighted by atomic mass is 35.5. The maximum atomic E-state index is 15.7. The summed E-state index contributed by atoms with van der Waals surface area (Å²) in [5.74, 6) is -2.67. The number of aliphatic carboxylic acids is 1. The van der Waals surface area contributed by atoms with E-state index >= 15 is 9.18 Å². The average molecular weight is 1220 g/mol. The molecule has 0 unspecified atom stereocenters. The first-order valence-electron chi connectivity index (χ1n) is 29.4. The number of halogens is 3. The second-order valence-corrected chi connectivity index (χ2v) is 27.4. The monoisotopic (exact) mass is 1220 g/mol. The summed E-state index contributed by atoms with van der Waals surface area (Å²) >= 11 is 12.9. The zero-order valence-electron chi connectivity index (χ0n) is 48.5. The maximum absolute atomic E-state index is 15.7. The number of likely N-dealkylation sites (tertiary alicyclic amines) is 1. The molecule has 3 saturated heterocycles. The summed E-state index contributed by atoms with van der Waals surface area (Å²) in [5.41, 5.74) is 2.81. The van der Waals surface area contributed by atoms with Crippen molar-refractivity contribution in [2.45, 2.75) is 122 Å². The minimum atomic E-state index is -4.05. The topological polar surface area (TPSA) is 227 Å². The number of piperidine rings is 1. The van der Waals surface area contributed by atoms with Gasteiger partial charge >= 0.3 is 5.97 Å². The summed E-state index contributed by atoms with van der Waals surface area (Å²) in [6, 6.07) is 17.2. The van der Waals surface area contributed by atoms with Crippen molar-refractivity contribution in [1.82, 2.24) is 48.5 Å². The number of unbranched alkanes of at least 4 members (excludes halogenated alkanes) is 4. The number of rotatable bonds is 21. The maximum Gasteiger partial charge on any atom is 0.304 e. The van der Waals surface area contributed by atoms with E-state index in [9.17, 15) is 32.7 Å². The van der Waals surface area contributed by atoms with Crippen LogP contribution in [0.15, 0.2) is 91.5 Å². The van der Waals surface area contributed by atoms with Gasteiger partial charge in [-0.1, -0.05) is 94.4 Å². The Morgan fingerprint density at radius 3 is 2.07 bits per heavy atom. The van der Waals surface area contributed by atoms with Crippen molar-refractivity contribution in [1.29, 1.82) is 0 Å². The molecule has 19 nitrogen and oxygen atoms in total. The van der Waals surface area contributed by atoms with Crippen LogP contribution < -0.4 is 5.32 Å². The Morgan fingerprint density at radius 2 is 1.47 bits per heavy atom. The fourth-order valence-corrected chi connectivity index (χ4v) is 14.7. The van der Waals surface area contributed by atoms with E-state index < -0.39 is 68.7 Å². The van der Waals surface area contributed by atoms with E-state index in [1.807, 2.05) is 61.7 Å². The van der Waals surface area contributed by atoms with E-state index in [4.69, 9.17) is 28.2 Å². The number of piperazine rings is 2. The highest BCUT2D eigenvalue weighted by Gasteiger charge is 2.55. The molecule has 6 heterocycles. The van der Waals surface area contributed by atoms with Crippen LogP contribution in [0.1, 0.15) is 143 Å². The molecule has 4 fully saturated rings. The molecular weight excluding hydrogens is 1150 g/mol. The molecule has 0 spiro atoms. The summed E-state index contributed by atoms with van der Waals surface area (Å²) in [4.78, 5) is 83.9. The van der Waals surface area contributed by atoms with Gasteiger partial charge in [-0.05, 0) is 91.1 Å². The number of fused-ring (bicyclic) bond motifs is 1. The largest absolute Gasteiger partial charge is 0.481 e. The molecule has 452 valence electrons. The Balaban J connectivity index is 0.661. The minimum Gasteiger partial charge on any atom is -0.481 e. The van der Waals surface area contributed by atoms with Crippen molar-refractivity contribution >= 4 is 80.0 Å². The van der Waals surface area contributed by atoms with Crippen molar-refractivity contribution in [3.8, 4) is 11.3 Å². The second-order valence-electron chi connectivity index (χ2n) is 24.5. The molecule has 1 aliphatic carbocycles. The molecule has 23 heteroatoms. The van der Waals surface area contributed by atoms with Crippen LogP contribution >= 0.6 is 23.2 Å². The number of carboxylic acids is 1. The first kappa shape index (κ1) is 61.2. The lowest BCUT2D eigenvalue weighted by atomic mass is 9.66. The van der Waals surface area contributed by atoms with Gasteiger partial charge in [0.1, 0.15) is 5.82 Å². The van der Waals surface area contributed by atoms with E-state index in [2.05, 4.69) is 20.5 Å². The number of nitrogens with zero attached hydrogens (tertiary/aromatic N) is 9. The molecule has 3 N–H and O–H groups in total. The lowest BCUT2D eigenvalue weighted by molar-refractivity contribution is -0.162. The molecule has 3 aromatic heterocycles. The number of carbonyl (C=O) groups excluding carboxylic acids is 4. The standard InChI is InChI=1S/C62H74Cl2FN11O8S/c1-61(2,3)52(76-56(41-17-20-45(63)21-18-41)47(42-11-10-12-46(64)31-42)33-62(4,60(76)82)34-55(79)80)39-85(83,84)74-29-27-72(28-30-74)54(78)14-9-7-5-6-8-13-53(77)71-23-25-73(26-24-71)59(81)43-19-22-49(48(65)32-43)69-57-58-66-37-51(44-35-67-68-36-44)75(58)38-50(70-57)40-15-16-40/h10-12,17-22,31-32,35-38,40,47,52,56H,5-9,13-16,23-30,33-34,39H2,1-4H3,(H,67,68)(H,69,70)(H,79,80)/t47-,52-,56-,62-/m1/s1. The molecule has 85 heavy (non-hydrogen) atoms. The van der Waals surface area contributed by atoms with Crippen molar-refractivity contribution in [3.63, 3.8) is 0 Å². The second kappa shape index (κ2) is 25.6. The van der Waals surface area contributed by atoms with Crippen LogP contribution in [0.25, 0.3) is 16.9 Å². The molecular formula is C62H74Cl2FN11O8S. The molecule has 0 bridgehead atoms. The van der Waals surface area contributed by atoms with Crippen molar-refractivity contribution in [2.75, 3.05) is 63.4 Å². The van der Waals surface area contributed by atoms with E-state index in [1.54, 1.807) is 69.4 Å². The SMILES string of the molecule is CC(C)(C)[C@@H](CS(=O)(=O)N1CCN(C(=O)CCCCCCCC(=O)N2CCN(C(=O)c3ccc(Nc4nc(C5CC5)cn5c(-c6cn[nH]c6)cnc45)c(F)c3)CC2)CC1)N1C(=O)[C@@](C)(CC(=O)O)C[C@H](c2cccc(Cl)c2)[C@H]1c1ccc(Cl)cc1. The number of aromatic nitrogens is 5. The van der Waals surface area contributed by atoms with Crippen LogP contribution in [0.5, 0.6) is 0 Å². The Kier molecular flexibility index (Phi) is 18.4. The average Bonchev–Trinajstić information content (AvgIpc) is 1.73. The Hall–Kier alpha value is -6.94. The summed E-state index contributed by atoms with van der Waals surface area (Å²) < 4.78 is 48.3. The molecule has 10 rings (SSSR count). The van der Waals surface area contributed by atoms with Gasteiger partial charge in [0.25, 0.3) is 5.91 Å². The van der Waals surface area contributed by atoms with Crippen LogP contribution in [0, 0.1) is 16.6 Å². The van der Waals surface area contributed by atoms with Gasteiger partial charge in [-0.25, -0.2) is 22.8 Å². The summed E-state index contributed by atoms with van der Waals surface area (Å²) in [6.45, 7) is 9.35. The number of H-pyrrole nitrogens is 1. The highest BCUT2D eigenvalue weighted by Crippen LogP contribution is 2.54. The van der Waals surface area contributed by atoms with E-state index in [1.165, 1.54) is 16.4 Å². The number of hydrogen-bond donors (Lipinski definition) is 3. The van der Waals surface area contributed by atoms with Gasteiger partial charge in [0, 0.05) is 111 Å². The van der Waals surface area contributed by atoms with Gasteiger partial charge in [0.05, 0.1) is 59.1 Å². The molecule has 4 aliphatic rings. The highest BCUT2D eigenvalue weighted by molar-refractivity contribution is 7.89. The normalized spacial score (nSPS) is 20.2. The fraction of sp³-hybridized carbons (Fsp3) is 0.484. The minimum absolute atomic E-state index is 0.0185. The third-order valence-electron chi connectivity index (χ3n) is 17.3. The number of amides is 4.